The van der Waals surface area contributed by atoms with Crippen molar-refractivity contribution in [2.75, 3.05) is 0 Å². The van der Waals surface area contributed by atoms with Crippen molar-refractivity contribution in [2.24, 2.45) is 0 Å². The Morgan fingerprint density at radius 3 is 2.39 bits per heavy atom. The largest absolute Gasteiger partial charge is 0.480 e. The van der Waals surface area contributed by atoms with Crippen LogP contribution in [0, 0.1) is 0 Å². The lowest BCUT2D eigenvalue weighted by atomic mass is 10.1. The highest BCUT2D eigenvalue weighted by molar-refractivity contribution is 8.00. The van der Waals surface area contributed by atoms with Gasteiger partial charge in [-0.3, -0.25) is 4.79 Å². The van der Waals surface area contributed by atoms with Crippen molar-refractivity contribution in [3.8, 4) is 5.69 Å². The highest BCUT2D eigenvalue weighted by atomic mass is 35.5. The van der Waals surface area contributed by atoms with Gasteiger partial charge in [0, 0.05) is 22.3 Å². The van der Waals surface area contributed by atoms with Gasteiger partial charge in [0.1, 0.15) is 5.25 Å². The van der Waals surface area contributed by atoms with E-state index in [2.05, 4.69) is 0 Å². The first-order valence-corrected chi connectivity index (χ1v) is 8.28. The number of thioether (sulfide) groups is 1. The number of hydrogen-bond acceptors (Lipinski definition) is 2. The molecule has 3 aromatic rings. The van der Waals surface area contributed by atoms with Gasteiger partial charge >= 0.3 is 5.97 Å². The van der Waals surface area contributed by atoms with Crippen molar-refractivity contribution in [1.29, 1.82) is 0 Å². The summed E-state index contributed by atoms with van der Waals surface area (Å²) in [6.07, 6.45) is 3.84. The topological polar surface area (TPSA) is 42.2 Å². The van der Waals surface area contributed by atoms with E-state index in [-0.39, 0.29) is 0 Å². The summed E-state index contributed by atoms with van der Waals surface area (Å²) in [6.45, 7) is 0. The van der Waals surface area contributed by atoms with Gasteiger partial charge < -0.3 is 9.67 Å². The number of carbonyl (C=O) groups is 1. The van der Waals surface area contributed by atoms with Crippen molar-refractivity contribution in [1.82, 2.24) is 4.57 Å². The van der Waals surface area contributed by atoms with Crippen molar-refractivity contribution in [3.05, 3.63) is 83.6 Å². The van der Waals surface area contributed by atoms with E-state index in [9.17, 15) is 9.90 Å². The number of rotatable bonds is 5. The van der Waals surface area contributed by atoms with Gasteiger partial charge in [0.05, 0.1) is 5.69 Å². The van der Waals surface area contributed by atoms with E-state index in [1.807, 2.05) is 65.5 Å². The van der Waals surface area contributed by atoms with E-state index < -0.39 is 11.2 Å². The number of carboxylic acid groups (broad SMARTS) is 1. The quantitative estimate of drug-likeness (QED) is 0.659. The van der Waals surface area contributed by atoms with Crippen molar-refractivity contribution < 1.29 is 9.90 Å². The molecule has 5 heteroatoms. The summed E-state index contributed by atoms with van der Waals surface area (Å²) < 4.78 is 1.95. The van der Waals surface area contributed by atoms with Crippen LogP contribution in [0.15, 0.2) is 78.0 Å². The SMILES string of the molecule is O=C(O)C(Sc1cc(Cl)ccc1-n1cccc1)c1ccccc1. The molecule has 1 heterocycles. The number of aliphatic carboxylic acids is 1. The van der Waals surface area contributed by atoms with Gasteiger partial charge in [-0.25, -0.2) is 0 Å². The molecule has 0 bridgehead atoms. The number of carboxylic acids is 1. The molecule has 1 atom stereocenters. The Kier molecular flexibility index (Phi) is 4.74. The van der Waals surface area contributed by atoms with Gasteiger partial charge in [-0.2, -0.15) is 0 Å². The molecule has 0 aliphatic rings. The molecule has 1 N–H and O–H groups in total. The third-order valence-electron chi connectivity index (χ3n) is 3.38. The minimum absolute atomic E-state index is 0.584. The fraction of sp³-hybridized carbons (Fsp3) is 0.0556. The molecule has 116 valence electrons. The average Bonchev–Trinajstić information content (AvgIpc) is 3.07. The van der Waals surface area contributed by atoms with Crippen LogP contribution < -0.4 is 0 Å². The van der Waals surface area contributed by atoms with Gasteiger partial charge in [-0.15, -0.1) is 11.8 Å². The zero-order chi connectivity index (χ0) is 16.2. The number of halogens is 1. The van der Waals surface area contributed by atoms with Crippen LogP contribution in [0.1, 0.15) is 10.8 Å². The Morgan fingerprint density at radius 1 is 1.04 bits per heavy atom. The van der Waals surface area contributed by atoms with Crippen LogP contribution in [0.25, 0.3) is 5.69 Å². The average molecular weight is 344 g/mol. The number of aromatic nitrogens is 1. The van der Waals surface area contributed by atoms with E-state index in [1.54, 1.807) is 12.1 Å². The second-order valence-corrected chi connectivity index (χ2v) is 6.53. The summed E-state index contributed by atoms with van der Waals surface area (Å²) in [4.78, 5) is 12.6. The second-order valence-electron chi connectivity index (χ2n) is 4.95. The third-order valence-corrected chi connectivity index (χ3v) is 4.90. The monoisotopic (exact) mass is 343 g/mol. The van der Waals surface area contributed by atoms with Crippen molar-refractivity contribution in [2.45, 2.75) is 10.1 Å². The molecule has 3 nitrogen and oxygen atoms in total. The van der Waals surface area contributed by atoms with Crippen LogP contribution in [-0.4, -0.2) is 15.6 Å². The van der Waals surface area contributed by atoms with Crippen LogP contribution in [0.4, 0.5) is 0 Å². The lowest BCUT2D eigenvalue weighted by Crippen LogP contribution is -2.08. The molecular formula is C18H14ClNO2S. The van der Waals surface area contributed by atoms with Crippen LogP contribution in [0.3, 0.4) is 0 Å². The highest BCUT2D eigenvalue weighted by Gasteiger charge is 2.22. The van der Waals surface area contributed by atoms with Gasteiger partial charge in [-0.05, 0) is 35.9 Å². The van der Waals surface area contributed by atoms with E-state index >= 15 is 0 Å². The molecule has 0 spiro atoms. The summed E-state index contributed by atoms with van der Waals surface area (Å²) in [5.41, 5.74) is 1.66. The first kappa shape index (κ1) is 15.7. The van der Waals surface area contributed by atoms with E-state index in [0.29, 0.717) is 5.02 Å². The fourth-order valence-corrected chi connectivity index (χ4v) is 3.68. The van der Waals surface area contributed by atoms with Gasteiger partial charge in [0.25, 0.3) is 0 Å². The lowest BCUT2D eigenvalue weighted by Gasteiger charge is -2.16. The smallest absolute Gasteiger partial charge is 0.321 e. The van der Waals surface area contributed by atoms with Crippen molar-refractivity contribution >= 4 is 29.3 Å². The third kappa shape index (κ3) is 3.60. The minimum atomic E-state index is -0.875. The number of hydrogen-bond donors (Lipinski definition) is 1. The molecule has 3 rings (SSSR count). The Balaban J connectivity index is 2.01. The zero-order valence-corrected chi connectivity index (χ0v) is 13.7. The summed E-state index contributed by atoms with van der Waals surface area (Å²) in [5, 5.41) is 9.51. The van der Waals surface area contributed by atoms with Gasteiger partial charge in [0.2, 0.25) is 0 Å². The Bertz CT molecular complexity index is 803. The maximum absolute atomic E-state index is 11.7. The standard InChI is InChI=1S/C18H14ClNO2S/c19-14-8-9-15(20-10-4-5-11-20)16(12-14)23-17(18(21)22)13-6-2-1-3-7-13/h1-12,17H,(H,21,22). The summed E-state index contributed by atoms with van der Waals surface area (Å²) in [5.74, 6) is -0.875. The molecule has 0 aliphatic heterocycles. The van der Waals surface area contributed by atoms with Crippen molar-refractivity contribution in [3.63, 3.8) is 0 Å². The maximum Gasteiger partial charge on any atom is 0.321 e. The molecule has 0 radical (unpaired) electrons. The van der Waals surface area contributed by atoms with Crippen LogP contribution >= 0.6 is 23.4 Å². The molecule has 1 unspecified atom stereocenters. The molecule has 0 fully saturated rings. The predicted molar refractivity (Wildman–Crippen MR) is 93.5 cm³/mol. The molecular weight excluding hydrogens is 330 g/mol. The van der Waals surface area contributed by atoms with E-state index in [4.69, 9.17) is 11.6 Å². The molecule has 0 saturated heterocycles. The van der Waals surface area contributed by atoms with Crippen LogP contribution in [-0.2, 0) is 4.79 Å². The summed E-state index contributed by atoms with van der Waals surface area (Å²) in [6, 6.07) is 18.6. The second kappa shape index (κ2) is 6.94. The molecule has 0 aliphatic carbocycles. The normalized spacial score (nSPS) is 12.0. The molecule has 0 amide bonds. The summed E-state index contributed by atoms with van der Waals surface area (Å²) >= 11 is 7.40. The first-order chi connectivity index (χ1) is 11.1. The van der Waals surface area contributed by atoms with E-state index in [0.717, 1.165) is 16.1 Å². The van der Waals surface area contributed by atoms with Gasteiger partial charge in [0.15, 0.2) is 0 Å². The first-order valence-electron chi connectivity index (χ1n) is 7.02. The molecule has 2 aromatic carbocycles. The fourth-order valence-electron chi connectivity index (χ4n) is 2.31. The molecule has 23 heavy (non-hydrogen) atoms. The predicted octanol–water partition coefficient (Wildman–Crippen LogP) is 5.05. The van der Waals surface area contributed by atoms with Gasteiger partial charge in [-0.1, -0.05) is 41.9 Å². The molecule has 0 saturated carbocycles. The van der Waals surface area contributed by atoms with Crippen LogP contribution in [0.5, 0.6) is 0 Å². The number of benzene rings is 2. The zero-order valence-electron chi connectivity index (χ0n) is 12.1. The Morgan fingerprint density at radius 2 is 1.74 bits per heavy atom. The molecule has 1 aromatic heterocycles. The minimum Gasteiger partial charge on any atom is -0.480 e. The highest BCUT2D eigenvalue weighted by Crippen LogP contribution is 2.39. The van der Waals surface area contributed by atoms with E-state index in [1.165, 1.54) is 11.8 Å². The Hall–Kier alpha value is -2.17. The maximum atomic E-state index is 11.7. The summed E-state index contributed by atoms with van der Waals surface area (Å²) in [7, 11) is 0. The number of nitrogens with zero attached hydrogens (tertiary/aromatic N) is 1. The Labute approximate surface area is 143 Å². The lowest BCUT2D eigenvalue weighted by molar-refractivity contribution is -0.136. The van der Waals surface area contributed by atoms with Crippen LogP contribution in [0.2, 0.25) is 5.02 Å².